The van der Waals surface area contributed by atoms with Crippen LogP contribution in [0.3, 0.4) is 0 Å². The first-order chi connectivity index (χ1) is 9.61. The molecular weight excluding hydrogens is 250 g/mol. The lowest BCUT2D eigenvalue weighted by Crippen LogP contribution is -2.33. The second-order valence-corrected chi connectivity index (χ2v) is 5.75. The molecule has 1 fully saturated rings. The summed E-state index contributed by atoms with van der Waals surface area (Å²) >= 11 is 0. The van der Waals surface area contributed by atoms with Crippen molar-refractivity contribution in [1.82, 2.24) is 10.2 Å². The molecule has 0 saturated carbocycles. The zero-order valence-corrected chi connectivity index (χ0v) is 12.6. The summed E-state index contributed by atoms with van der Waals surface area (Å²) in [6.45, 7) is 7.45. The summed E-state index contributed by atoms with van der Waals surface area (Å²) in [5.41, 5.74) is 1.59. The van der Waals surface area contributed by atoms with E-state index in [1.165, 1.54) is 6.42 Å². The number of rotatable bonds is 5. The van der Waals surface area contributed by atoms with Gasteiger partial charge in [0.25, 0.3) is 5.91 Å². The fourth-order valence-corrected chi connectivity index (χ4v) is 2.73. The summed E-state index contributed by atoms with van der Waals surface area (Å²) in [6.07, 6.45) is 1.17. The molecule has 0 bridgehead atoms. The van der Waals surface area contributed by atoms with Crippen LogP contribution in [0.2, 0.25) is 0 Å². The van der Waals surface area contributed by atoms with Crippen LogP contribution in [0.25, 0.3) is 0 Å². The molecule has 1 heterocycles. The predicted octanol–water partition coefficient (Wildman–Crippen LogP) is 2.19. The van der Waals surface area contributed by atoms with Crippen molar-refractivity contribution in [2.75, 3.05) is 32.0 Å². The molecule has 4 nitrogen and oxygen atoms in total. The number of benzene rings is 1. The minimum atomic E-state index is 0.0120. The first-order valence-electron chi connectivity index (χ1n) is 7.41. The first kappa shape index (κ1) is 14.9. The van der Waals surface area contributed by atoms with E-state index in [0.29, 0.717) is 17.5 Å². The lowest BCUT2D eigenvalue weighted by Gasteiger charge is -2.20. The average Bonchev–Trinajstić information content (AvgIpc) is 2.94. The summed E-state index contributed by atoms with van der Waals surface area (Å²) in [6, 6.07) is 8.20. The Balaban J connectivity index is 1.87. The van der Waals surface area contributed by atoms with Crippen molar-refractivity contribution in [3.63, 3.8) is 0 Å². The number of likely N-dealkylation sites (tertiary alicyclic amines) is 1. The molecule has 1 atom stereocenters. The highest BCUT2D eigenvalue weighted by Gasteiger charge is 2.24. The maximum Gasteiger partial charge on any atom is 0.253 e. The minimum Gasteiger partial charge on any atom is -0.387 e. The molecular formula is C16H25N3O. The Kier molecular flexibility index (Phi) is 5.01. The van der Waals surface area contributed by atoms with E-state index >= 15 is 0 Å². The van der Waals surface area contributed by atoms with Gasteiger partial charge in [0.15, 0.2) is 0 Å². The fraction of sp³-hybridized carbons (Fsp3) is 0.562. The number of hydrogen-bond acceptors (Lipinski definition) is 3. The molecule has 1 aromatic rings. The number of nitrogens with one attached hydrogen (secondary N) is 2. The molecule has 1 unspecified atom stereocenters. The molecule has 110 valence electrons. The number of amides is 1. The van der Waals surface area contributed by atoms with E-state index in [0.717, 1.165) is 25.3 Å². The second kappa shape index (κ2) is 6.75. The van der Waals surface area contributed by atoms with Crippen molar-refractivity contribution in [2.45, 2.75) is 26.3 Å². The lowest BCUT2D eigenvalue weighted by atomic mass is 10.1. The van der Waals surface area contributed by atoms with Gasteiger partial charge >= 0.3 is 0 Å². The van der Waals surface area contributed by atoms with Crippen LogP contribution in [0.1, 0.15) is 30.6 Å². The molecule has 1 amide bonds. The van der Waals surface area contributed by atoms with Crippen molar-refractivity contribution in [3.8, 4) is 0 Å². The monoisotopic (exact) mass is 275 g/mol. The molecule has 2 rings (SSSR count). The van der Waals surface area contributed by atoms with Crippen LogP contribution >= 0.6 is 0 Å². The second-order valence-electron chi connectivity index (χ2n) is 5.75. The van der Waals surface area contributed by atoms with Gasteiger partial charge in [0.2, 0.25) is 0 Å². The SMILES string of the molecule is CNc1ccccc1C(=O)NCC1CCN(C(C)C)C1. The molecule has 1 aliphatic rings. The van der Waals surface area contributed by atoms with Gasteiger partial charge in [0.05, 0.1) is 5.56 Å². The van der Waals surface area contributed by atoms with Crippen molar-refractivity contribution >= 4 is 11.6 Å². The Bertz CT molecular complexity index is 459. The van der Waals surface area contributed by atoms with Crippen molar-refractivity contribution in [1.29, 1.82) is 0 Å². The van der Waals surface area contributed by atoms with E-state index in [9.17, 15) is 4.79 Å². The normalized spacial score (nSPS) is 19.3. The van der Waals surface area contributed by atoms with Gasteiger partial charge in [0.1, 0.15) is 0 Å². The zero-order valence-electron chi connectivity index (χ0n) is 12.6. The third kappa shape index (κ3) is 3.51. The van der Waals surface area contributed by atoms with Gasteiger partial charge in [-0.3, -0.25) is 4.79 Å². The van der Waals surface area contributed by atoms with Gasteiger partial charge in [-0.15, -0.1) is 0 Å². The Morgan fingerprint density at radius 2 is 2.15 bits per heavy atom. The van der Waals surface area contributed by atoms with Crippen LogP contribution in [0.4, 0.5) is 5.69 Å². The number of hydrogen-bond donors (Lipinski definition) is 2. The van der Waals surface area contributed by atoms with E-state index in [2.05, 4.69) is 29.4 Å². The molecule has 0 spiro atoms. The molecule has 1 aliphatic heterocycles. The van der Waals surface area contributed by atoms with E-state index < -0.39 is 0 Å². The smallest absolute Gasteiger partial charge is 0.253 e. The van der Waals surface area contributed by atoms with Crippen molar-refractivity contribution in [2.24, 2.45) is 5.92 Å². The Hall–Kier alpha value is -1.55. The van der Waals surface area contributed by atoms with Crippen molar-refractivity contribution in [3.05, 3.63) is 29.8 Å². The molecule has 2 N–H and O–H groups in total. The summed E-state index contributed by atoms with van der Waals surface area (Å²) in [5.74, 6) is 0.584. The molecule has 1 saturated heterocycles. The van der Waals surface area contributed by atoms with Crippen LogP contribution < -0.4 is 10.6 Å². The third-order valence-corrected chi connectivity index (χ3v) is 4.04. The highest BCUT2D eigenvalue weighted by molar-refractivity contribution is 5.99. The average molecular weight is 275 g/mol. The highest BCUT2D eigenvalue weighted by Crippen LogP contribution is 2.18. The van der Waals surface area contributed by atoms with Gasteiger partial charge in [-0.2, -0.15) is 0 Å². The maximum absolute atomic E-state index is 12.2. The maximum atomic E-state index is 12.2. The molecule has 20 heavy (non-hydrogen) atoms. The highest BCUT2D eigenvalue weighted by atomic mass is 16.1. The van der Waals surface area contributed by atoms with Gasteiger partial charge in [-0.05, 0) is 44.9 Å². The van der Waals surface area contributed by atoms with E-state index in [1.54, 1.807) is 0 Å². The van der Waals surface area contributed by atoms with Gasteiger partial charge in [-0.1, -0.05) is 12.1 Å². The predicted molar refractivity (Wildman–Crippen MR) is 83.1 cm³/mol. The number of nitrogens with zero attached hydrogens (tertiary/aromatic N) is 1. The fourth-order valence-electron chi connectivity index (χ4n) is 2.73. The quantitative estimate of drug-likeness (QED) is 0.866. The Morgan fingerprint density at radius 3 is 2.80 bits per heavy atom. The van der Waals surface area contributed by atoms with E-state index in [1.807, 2.05) is 31.3 Å². The number of anilines is 1. The third-order valence-electron chi connectivity index (χ3n) is 4.04. The molecule has 0 aliphatic carbocycles. The minimum absolute atomic E-state index is 0.0120. The molecule has 1 aromatic carbocycles. The van der Waals surface area contributed by atoms with Gasteiger partial charge in [0, 0.05) is 31.9 Å². The standard InChI is InChI=1S/C16H25N3O/c1-12(2)19-9-8-13(11-19)10-18-16(20)14-6-4-5-7-15(14)17-3/h4-7,12-13,17H,8-11H2,1-3H3,(H,18,20). The number of carbonyl (C=O) groups is 1. The van der Waals surface area contributed by atoms with Crippen LogP contribution in [0.15, 0.2) is 24.3 Å². The summed E-state index contributed by atoms with van der Waals surface area (Å²) in [7, 11) is 1.84. The van der Waals surface area contributed by atoms with Crippen LogP contribution in [-0.4, -0.2) is 43.5 Å². The van der Waals surface area contributed by atoms with Crippen LogP contribution in [0.5, 0.6) is 0 Å². The largest absolute Gasteiger partial charge is 0.387 e. The van der Waals surface area contributed by atoms with E-state index in [-0.39, 0.29) is 5.91 Å². The summed E-state index contributed by atoms with van der Waals surface area (Å²) < 4.78 is 0. The Morgan fingerprint density at radius 1 is 1.40 bits per heavy atom. The van der Waals surface area contributed by atoms with Crippen molar-refractivity contribution < 1.29 is 4.79 Å². The molecule has 4 heteroatoms. The van der Waals surface area contributed by atoms with Crippen LogP contribution in [-0.2, 0) is 0 Å². The van der Waals surface area contributed by atoms with Gasteiger partial charge in [-0.25, -0.2) is 0 Å². The molecule has 0 radical (unpaired) electrons. The first-order valence-corrected chi connectivity index (χ1v) is 7.41. The topological polar surface area (TPSA) is 44.4 Å². The number of para-hydroxylation sites is 1. The lowest BCUT2D eigenvalue weighted by molar-refractivity contribution is 0.0948. The summed E-state index contributed by atoms with van der Waals surface area (Å²) in [5, 5.41) is 6.13. The number of carbonyl (C=O) groups excluding carboxylic acids is 1. The Labute approximate surface area is 121 Å². The molecule has 0 aromatic heterocycles. The van der Waals surface area contributed by atoms with Gasteiger partial charge < -0.3 is 15.5 Å². The van der Waals surface area contributed by atoms with Crippen LogP contribution in [0, 0.1) is 5.92 Å². The summed E-state index contributed by atoms with van der Waals surface area (Å²) in [4.78, 5) is 14.7. The van der Waals surface area contributed by atoms with E-state index in [4.69, 9.17) is 0 Å². The zero-order chi connectivity index (χ0) is 14.5.